The van der Waals surface area contributed by atoms with Crippen molar-refractivity contribution in [3.8, 4) is 5.75 Å². The predicted octanol–water partition coefficient (Wildman–Crippen LogP) is 3.12. The standard InChI is InChI=1S/C25H23F3O8/c26-25(27,28)14-7-4-8-15(9-14)34-12-18(30)22-23(36-22)21-16(10-20(31)32)17(29)11-19(21)35-24(33)13-5-2-1-3-6-13/h1-9,16-17,19,21-23,29H,10-12H2,(H,31,32)/t16-,17-,19+,21+,22?,23+/m0/s1. The van der Waals surface area contributed by atoms with Crippen LogP contribution in [0.5, 0.6) is 5.75 Å². The van der Waals surface area contributed by atoms with Gasteiger partial charge < -0.3 is 24.4 Å². The minimum atomic E-state index is -4.57. The molecule has 192 valence electrons. The topological polar surface area (TPSA) is 123 Å². The van der Waals surface area contributed by atoms with Crippen molar-refractivity contribution in [3.63, 3.8) is 0 Å². The lowest BCUT2D eigenvalue weighted by Crippen LogP contribution is -2.34. The highest BCUT2D eigenvalue weighted by molar-refractivity contribution is 5.89. The number of carboxylic acid groups (broad SMARTS) is 1. The Kier molecular flexibility index (Phi) is 7.32. The maximum absolute atomic E-state index is 12.9. The van der Waals surface area contributed by atoms with E-state index in [2.05, 4.69) is 0 Å². The second-order valence-corrected chi connectivity index (χ2v) is 8.75. The van der Waals surface area contributed by atoms with Gasteiger partial charge in [-0.25, -0.2) is 4.79 Å². The number of aliphatic hydroxyl groups excluding tert-OH is 1. The summed E-state index contributed by atoms with van der Waals surface area (Å²) in [7, 11) is 0. The molecule has 4 rings (SSSR count). The number of ketones is 1. The van der Waals surface area contributed by atoms with Gasteiger partial charge in [0, 0.05) is 18.3 Å². The summed E-state index contributed by atoms with van der Waals surface area (Å²) in [5.41, 5.74) is -0.654. The average molecular weight is 508 g/mol. The van der Waals surface area contributed by atoms with Crippen LogP contribution in [0.4, 0.5) is 13.2 Å². The molecule has 0 spiro atoms. The van der Waals surface area contributed by atoms with E-state index in [1.165, 1.54) is 6.07 Å². The molecule has 36 heavy (non-hydrogen) atoms. The first-order valence-electron chi connectivity index (χ1n) is 11.2. The largest absolute Gasteiger partial charge is 0.486 e. The van der Waals surface area contributed by atoms with Gasteiger partial charge in [0.05, 0.1) is 29.8 Å². The van der Waals surface area contributed by atoms with Crippen LogP contribution in [-0.2, 0) is 25.2 Å². The Bertz CT molecular complexity index is 1120. The zero-order chi connectivity index (χ0) is 26.0. The molecule has 2 aromatic rings. The molecule has 0 bridgehead atoms. The molecule has 2 aromatic carbocycles. The molecule has 8 nitrogen and oxygen atoms in total. The van der Waals surface area contributed by atoms with Gasteiger partial charge in [0.25, 0.3) is 0 Å². The summed E-state index contributed by atoms with van der Waals surface area (Å²) in [6.45, 7) is -0.574. The fraction of sp³-hybridized carbons (Fsp3) is 0.400. The molecule has 0 aromatic heterocycles. The van der Waals surface area contributed by atoms with Gasteiger partial charge in [0.2, 0.25) is 5.78 Å². The highest BCUT2D eigenvalue weighted by Gasteiger charge is 2.59. The van der Waals surface area contributed by atoms with Crippen LogP contribution in [0.15, 0.2) is 54.6 Å². The fourth-order valence-corrected chi connectivity index (χ4v) is 4.61. The number of Topliss-reactive ketones (excluding diaryl/α,β-unsaturated/α-hetero) is 1. The highest BCUT2D eigenvalue weighted by atomic mass is 19.4. The van der Waals surface area contributed by atoms with Crippen molar-refractivity contribution in [3.05, 3.63) is 65.7 Å². The lowest BCUT2D eigenvalue weighted by Gasteiger charge is -2.23. The number of halogens is 3. The van der Waals surface area contributed by atoms with Crippen molar-refractivity contribution in [1.29, 1.82) is 0 Å². The summed E-state index contributed by atoms with van der Waals surface area (Å²) in [5, 5.41) is 19.8. The van der Waals surface area contributed by atoms with Gasteiger partial charge in [0.15, 0.2) is 0 Å². The van der Waals surface area contributed by atoms with Crippen LogP contribution in [0, 0.1) is 11.8 Å². The zero-order valence-electron chi connectivity index (χ0n) is 18.8. The summed E-state index contributed by atoms with van der Waals surface area (Å²) in [6, 6.07) is 12.2. The number of epoxide rings is 1. The number of aliphatic hydroxyl groups is 1. The average Bonchev–Trinajstić information content (AvgIpc) is 3.56. The monoisotopic (exact) mass is 508 g/mol. The molecule has 1 saturated carbocycles. The molecule has 1 unspecified atom stereocenters. The Morgan fingerprint density at radius 1 is 1.06 bits per heavy atom. The molecule has 2 aliphatic rings. The van der Waals surface area contributed by atoms with Crippen LogP contribution in [0.2, 0.25) is 0 Å². The number of hydrogen-bond acceptors (Lipinski definition) is 7. The second kappa shape index (κ2) is 10.3. The Morgan fingerprint density at radius 3 is 2.44 bits per heavy atom. The number of carbonyl (C=O) groups excluding carboxylic acids is 2. The van der Waals surface area contributed by atoms with Crippen LogP contribution < -0.4 is 4.74 Å². The summed E-state index contributed by atoms with van der Waals surface area (Å²) in [4.78, 5) is 36.6. The Morgan fingerprint density at radius 2 is 1.78 bits per heavy atom. The zero-order valence-corrected chi connectivity index (χ0v) is 18.8. The van der Waals surface area contributed by atoms with Crippen LogP contribution in [0.3, 0.4) is 0 Å². The first-order chi connectivity index (χ1) is 17.0. The molecule has 11 heteroatoms. The third kappa shape index (κ3) is 5.85. The Balaban J connectivity index is 1.43. The van der Waals surface area contributed by atoms with Crippen LogP contribution in [-0.4, -0.2) is 59.0 Å². The van der Waals surface area contributed by atoms with Gasteiger partial charge in [-0.3, -0.25) is 9.59 Å². The SMILES string of the molecule is O=C(O)C[C@@H]1[C@@H]([C@H]2OC2C(=O)COc2cccc(C(F)(F)F)c2)[C@H](OC(=O)c2ccccc2)C[C@@H]1O. The number of esters is 1. The maximum atomic E-state index is 12.9. The van der Waals surface area contributed by atoms with Gasteiger partial charge >= 0.3 is 18.1 Å². The van der Waals surface area contributed by atoms with E-state index in [1.807, 2.05) is 0 Å². The molecular formula is C25H23F3O8. The number of alkyl halides is 3. The lowest BCUT2D eigenvalue weighted by atomic mass is 9.86. The molecular weight excluding hydrogens is 485 g/mol. The molecule has 2 fully saturated rings. The van der Waals surface area contributed by atoms with Gasteiger partial charge in [0.1, 0.15) is 24.6 Å². The molecule has 1 saturated heterocycles. The Hall–Kier alpha value is -3.44. The molecule has 2 N–H and O–H groups in total. The van der Waals surface area contributed by atoms with Gasteiger partial charge in [-0.05, 0) is 30.3 Å². The Labute approximate surface area is 203 Å². The number of carboxylic acids is 1. The van der Waals surface area contributed by atoms with E-state index in [0.29, 0.717) is 0 Å². The van der Waals surface area contributed by atoms with E-state index in [9.17, 15) is 37.8 Å². The van der Waals surface area contributed by atoms with Gasteiger partial charge in [-0.1, -0.05) is 24.3 Å². The molecule has 1 aliphatic carbocycles. The lowest BCUT2D eigenvalue weighted by molar-refractivity contribution is -0.139. The van der Waals surface area contributed by atoms with E-state index < -0.39 is 78.7 Å². The third-order valence-corrected chi connectivity index (χ3v) is 6.33. The number of benzene rings is 2. The third-order valence-electron chi connectivity index (χ3n) is 6.33. The van der Waals surface area contributed by atoms with E-state index >= 15 is 0 Å². The van der Waals surface area contributed by atoms with Gasteiger partial charge in [-0.2, -0.15) is 13.2 Å². The summed E-state index contributed by atoms with van der Waals surface area (Å²) in [6.07, 6.45) is -8.87. The second-order valence-electron chi connectivity index (χ2n) is 8.75. The van der Waals surface area contributed by atoms with Crippen molar-refractivity contribution >= 4 is 17.7 Å². The molecule has 0 radical (unpaired) electrons. The van der Waals surface area contributed by atoms with Crippen molar-refractivity contribution in [2.45, 2.75) is 43.4 Å². The molecule has 0 amide bonds. The van der Waals surface area contributed by atoms with Crippen molar-refractivity contribution in [2.24, 2.45) is 11.8 Å². The number of aliphatic carboxylic acids is 1. The summed E-state index contributed by atoms with van der Waals surface area (Å²) >= 11 is 0. The van der Waals surface area contributed by atoms with E-state index in [4.69, 9.17) is 14.2 Å². The van der Waals surface area contributed by atoms with E-state index in [0.717, 1.165) is 18.2 Å². The smallest absolute Gasteiger partial charge is 0.416 e. The molecule has 1 aliphatic heterocycles. The number of hydrogen-bond donors (Lipinski definition) is 2. The van der Waals surface area contributed by atoms with Gasteiger partial charge in [-0.15, -0.1) is 0 Å². The van der Waals surface area contributed by atoms with Crippen molar-refractivity contribution < 1.29 is 52.0 Å². The number of ether oxygens (including phenoxy) is 3. The fourth-order valence-electron chi connectivity index (χ4n) is 4.61. The maximum Gasteiger partial charge on any atom is 0.416 e. The number of rotatable bonds is 9. The van der Waals surface area contributed by atoms with Crippen LogP contribution >= 0.6 is 0 Å². The van der Waals surface area contributed by atoms with E-state index in [1.54, 1.807) is 30.3 Å². The van der Waals surface area contributed by atoms with Crippen molar-refractivity contribution in [1.82, 2.24) is 0 Å². The number of carbonyl (C=O) groups is 3. The highest BCUT2D eigenvalue weighted by Crippen LogP contribution is 2.46. The first-order valence-corrected chi connectivity index (χ1v) is 11.2. The minimum absolute atomic E-state index is 0.0251. The van der Waals surface area contributed by atoms with E-state index in [-0.39, 0.29) is 17.7 Å². The quantitative estimate of drug-likeness (QED) is 0.391. The normalized spacial score (nSPS) is 27.3. The van der Waals surface area contributed by atoms with Crippen LogP contribution in [0.25, 0.3) is 0 Å². The van der Waals surface area contributed by atoms with Crippen molar-refractivity contribution in [2.75, 3.05) is 6.61 Å². The molecule has 6 atom stereocenters. The van der Waals surface area contributed by atoms with Crippen LogP contribution in [0.1, 0.15) is 28.8 Å². The minimum Gasteiger partial charge on any atom is -0.486 e. The summed E-state index contributed by atoms with van der Waals surface area (Å²) in [5.74, 6) is -4.15. The predicted molar refractivity (Wildman–Crippen MR) is 116 cm³/mol. The summed E-state index contributed by atoms with van der Waals surface area (Å²) < 4.78 is 54.9. The molecule has 1 heterocycles. The first kappa shape index (κ1) is 25.6.